The number of halogens is 4. The van der Waals surface area contributed by atoms with Gasteiger partial charge in [-0.2, -0.15) is 0 Å². The van der Waals surface area contributed by atoms with Crippen LogP contribution in [0.3, 0.4) is 0 Å². The summed E-state index contributed by atoms with van der Waals surface area (Å²) < 4.78 is 75.0. The van der Waals surface area contributed by atoms with E-state index in [1.54, 1.807) is 0 Å². The lowest BCUT2D eigenvalue weighted by Crippen LogP contribution is -2.38. The first kappa shape index (κ1) is 25.7. The molecule has 0 aliphatic carbocycles. The molecule has 2 aromatic carbocycles. The topological polar surface area (TPSA) is 125 Å². The molecule has 0 bridgehead atoms. The van der Waals surface area contributed by atoms with Gasteiger partial charge in [-0.1, -0.05) is 11.6 Å². The maximum Gasteiger partial charge on any atom is 0.573 e. The molecule has 1 aliphatic rings. The summed E-state index contributed by atoms with van der Waals surface area (Å²) in [5.41, 5.74) is -1.38. The Kier molecular flexibility index (Phi) is 7.38. The van der Waals surface area contributed by atoms with Gasteiger partial charge in [0.2, 0.25) is 0 Å². The van der Waals surface area contributed by atoms with Gasteiger partial charge in [0.1, 0.15) is 16.4 Å². The molecule has 14 heteroatoms. The molecule has 1 aliphatic heterocycles. The fourth-order valence-electron chi connectivity index (χ4n) is 3.57. The van der Waals surface area contributed by atoms with Crippen molar-refractivity contribution in [2.24, 2.45) is 0 Å². The number of phenols is 2. The van der Waals surface area contributed by atoms with Crippen molar-refractivity contribution < 1.29 is 46.1 Å². The first-order valence-corrected chi connectivity index (χ1v) is 11.6. The summed E-state index contributed by atoms with van der Waals surface area (Å²) in [6, 6.07) is 3.97. The zero-order valence-corrected chi connectivity index (χ0v) is 19.2. The number of phenolic OH excluding ortho intramolecular Hbond substituents is 2. The van der Waals surface area contributed by atoms with Crippen molar-refractivity contribution in [2.75, 3.05) is 25.0 Å². The number of ether oxygens (including phenoxy) is 2. The molecular formula is C20H20ClF3N2O7S. The Morgan fingerprint density at radius 3 is 2.62 bits per heavy atom. The second-order valence-corrected chi connectivity index (χ2v) is 9.47. The molecule has 0 saturated carbocycles. The average molecular weight is 525 g/mol. The predicted octanol–water partition coefficient (Wildman–Crippen LogP) is 3.70. The Morgan fingerprint density at radius 1 is 1.26 bits per heavy atom. The first-order valence-electron chi connectivity index (χ1n) is 9.76. The number of nitrogens with one attached hydrogen (secondary N) is 1. The fraction of sp³-hybridized carbons (Fsp3) is 0.350. The Bertz CT molecular complexity index is 1190. The molecule has 1 saturated heterocycles. The fourth-order valence-corrected chi connectivity index (χ4v) is 4.99. The summed E-state index contributed by atoms with van der Waals surface area (Å²) in [7, 11) is -3.23. The zero-order valence-electron chi connectivity index (χ0n) is 17.6. The highest BCUT2D eigenvalue weighted by Crippen LogP contribution is 2.38. The van der Waals surface area contributed by atoms with E-state index >= 15 is 0 Å². The van der Waals surface area contributed by atoms with E-state index in [1.807, 2.05) is 4.72 Å². The van der Waals surface area contributed by atoms with Crippen molar-refractivity contribution in [1.82, 2.24) is 4.90 Å². The summed E-state index contributed by atoms with van der Waals surface area (Å²) in [6.07, 6.45) is -3.98. The molecular weight excluding hydrogens is 505 g/mol. The lowest BCUT2D eigenvalue weighted by Gasteiger charge is -2.25. The van der Waals surface area contributed by atoms with Gasteiger partial charge >= 0.3 is 6.36 Å². The van der Waals surface area contributed by atoms with E-state index in [9.17, 15) is 36.6 Å². The lowest BCUT2D eigenvalue weighted by molar-refractivity contribution is -0.274. The van der Waals surface area contributed by atoms with Gasteiger partial charge in [-0.05, 0) is 37.1 Å². The summed E-state index contributed by atoms with van der Waals surface area (Å²) in [5, 5.41) is 20.5. The van der Waals surface area contributed by atoms with Gasteiger partial charge < -0.3 is 24.6 Å². The molecule has 0 radical (unpaired) electrons. The second-order valence-electron chi connectivity index (χ2n) is 7.38. The molecule has 1 heterocycles. The minimum Gasteiger partial charge on any atom is -0.507 e. The number of aromatic hydroxyl groups is 2. The number of rotatable bonds is 7. The van der Waals surface area contributed by atoms with Gasteiger partial charge in [0, 0.05) is 24.7 Å². The van der Waals surface area contributed by atoms with Crippen LogP contribution in [-0.4, -0.2) is 62.1 Å². The normalized spacial score (nSPS) is 16.5. The van der Waals surface area contributed by atoms with Gasteiger partial charge in [0.15, 0.2) is 5.75 Å². The number of anilines is 1. The number of likely N-dealkylation sites (tertiary alicyclic amines) is 1. The van der Waals surface area contributed by atoms with Crippen LogP contribution in [0.25, 0.3) is 0 Å². The Hall–Kier alpha value is -2.90. The van der Waals surface area contributed by atoms with Gasteiger partial charge in [-0.15, -0.1) is 13.2 Å². The van der Waals surface area contributed by atoms with Crippen LogP contribution >= 0.6 is 11.6 Å². The minimum atomic E-state index is -5.16. The third-order valence-electron chi connectivity index (χ3n) is 5.00. The summed E-state index contributed by atoms with van der Waals surface area (Å²) in [6.45, 7) is 0.423. The Balaban J connectivity index is 2.07. The summed E-state index contributed by atoms with van der Waals surface area (Å²) in [4.78, 5) is 13.7. The van der Waals surface area contributed by atoms with Crippen molar-refractivity contribution >= 4 is 33.2 Å². The predicted molar refractivity (Wildman–Crippen MR) is 115 cm³/mol. The van der Waals surface area contributed by atoms with Crippen LogP contribution in [0.15, 0.2) is 35.2 Å². The first-order chi connectivity index (χ1) is 15.8. The number of alkyl halides is 3. The number of hydrogen-bond donors (Lipinski definition) is 3. The standard InChI is InChI=1S/C20H20ClF3N2O7S/c1-32-10-12-3-2-6-26(12)19(29)14-8-13(33-20(22,23)24)9-15(18(14)28)25-34(30,31)17-7-11(21)4-5-16(17)27/h4-5,7-9,12,25,27-28H,2-3,6,10H2,1H3/t12-/m0/s1. The molecule has 34 heavy (non-hydrogen) atoms. The molecule has 3 N–H and O–H groups in total. The number of carbonyl (C=O) groups is 1. The van der Waals surface area contributed by atoms with Gasteiger partial charge in [-0.3, -0.25) is 9.52 Å². The van der Waals surface area contributed by atoms with Crippen LogP contribution in [0.2, 0.25) is 5.02 Å². The quantitative estimate of drug-likeness (QED) is 0.471. The second kappa shape index (κ2) is 9.76. The third kappa shape index (κ3) is 5.77. The SMILES string of the molecule is COC[C@@H]1CCCN1C(=O)c1cc(OC(F)(F)F)cc(NS(=O)(=O)c2cc(Cl)ccc2O)c1O. The molecule has 1 atom stereocenters. The number of benzene rings is 2. The number of amides is 1. The largest absolute Gasteiger partial charge is 0.573 e. The van der Waals surface area contributed by atoms with Gasteiger partial charge in [0.05, 0.1) is 23.9 Å². The van der Waals surface area contributed by atoms with Crippen molar-refractivity contribution in [3.63, 3.8) is 0 Å². The molecule has 2 aromatic rings. The van der Waals surface area contributed by atoms with Gasteiger partial charge in [0.25, 0.3) is 15.9 Å². The monoisotopic (exact) mass is 524 g/mol. The van der Waals surface area contributed by atoms with Crippen LogP contribution in [0.5, 0.6) is 17.2 Å². The van der Waals surface area contributed by atoms with Crippen LogP contribution in [0.4, 0.5) is 18.9 Å². The number of nitrogens with zero attached hydrogens (tertiary/aromatic N) is 1. The van der Waals surface area contributed by atoms with Gasteiger partial charge in [-0.25, -0.2) is 8.42 Å². The lowest BCUT2D eigenvalue weighted by atomic mass is 10.1. The number of sulfonamides is 1. The highest BCUT2D eigenvalue weighted by atomic mass is 35.5. The molecule has 3 rings (SSSR count). The van der Waals surface area contributed by atoms with Crippen LogP contribution in [-0.2, 0) is 14.8 Å². The van der Waals surface area contributed by atoms with Crippen molar-refractivity contribution in [3.8, 4) is 17.2 Å². The summed E-state index contributed by atoms with van der Waals surface area (Å²) >= 11 is 5.78. The molecule has 0 spiro atoms. The zero-order chi connectivity index (χ0) is 25.3. The Labute approximate surface area is 197 Å². The average Bonchev–Trinajstić information content (AvgIpc) is 3.18. The Morgan fingerprint density at radius 2 is 1.97 bits per heavy atom. The molecule has 0 unspecified atom stereocenters. The van der Waals surface area contributed by atoms with E-state index in [2.05, 4.69) is 4.74 Å². The van der Waals surface area contributed by atoms with Crippen molar-refractivity contribution in [1.29, 1.82) is 0 Å². The van der Waals surface area contributed by atoms with E-state index in [4.69, 9.17) is 16.3 Å². The molecule has 1 amide bonds. The highest BCUT2D eigenvalue weighted by Gasteiger charge is 2.35. The molecule has 186 valence electrons. The van der Waals surface area contributed by atoms with Crippen LogP contribution < -0.4 is 9.46 Å². The number of methoxy groups -OCH3 is 1. The maximum atomic E-state index is 13.1. The number of carbonyl (C=O) groups excluding carboxylic acids is 1. The van der Waals surface area contributed by atoms with Crippen LogP contribution in [0, 0.1) is 0 Å². The minimum absolute atomic E-state index is 0.0503. The van der Waals surface area contributed by atoms with E-state index in [0.717, 1.165) is 12.1 Å². The molecule has 0 aromatic heterocycles. The van der Waals surface area contributed by atoms with E-state index in [0.29, 0.717) is 25.0 Å². The van der Waals surface area contributed by atoms with Crippen molar-refractivity contribution in [3.05, 3.63) is 40.9 Å². The third-order valence-corrected chi connectivity index (χ3v) is 6.63. The highest BCUT2D eigenvalue weighted by molar-refractivity contribution is 7.92. The van der Waals surface area contributed by atoms with E-state index in [-0.39, 0.29) is 24.2 Å². The van der Waals surface area contributed by atoms with E-state index in [1.165, 1.54) is 18.1 Å². The molecule has 1 fully saturated rings. The van der Waals surface area contributed by atoms with E-state index < -0.39 is 55.7 Å². The smallest absolute Gasteiger partial charge is 0.507 e. The summed E-state index contributed by atoms with van der Waals surface area (Å²) in [5.74, 6) is -3.40. The van der Waals surface area contributed by atoms with Crippen LogP contribution in [0.1, 0.15) is 23.2 Å². The maximum absolute atomic E-state index is 13.1. The van der Waals surface area contributed by atoms with Crippen molar-refractivity contribution in [2.45, 2.75) is 30.1 Å². The molecule has 9 nitrogen and oxygen atoms in total. The number of hydrogen-bond acceptors (Lipinski definition) is 7.